The van der Waals surface area contributed by atoms with Crippen LogP contribution in [0.2, 0.25) is 18.1 Å². The molecule has 0 radical (unpaired) electrons. The molecule has 2 N–H and O–H groups in total. The molecule has 0 unspecified atom stereocenters. The zero-order valence-electron chi connectivity index (χ0n) is 19.2. The summed E-state index contributed by atoms with van der Waals surface area (Å²) in [6.45, 7) is 10.8. The van der Waals surface area contributed by atoms with Gasteiger partial charge in [-0.2, -0.15) is 0 Å². The Bertz CT molecular complexity index is 1100. The number of hydrogen-bond acceptors (Lipinski definition) is 5. The molecule has 3 aromatic carbocycles. The Hall–Kier alpha value is -3.25. The van der Waals surface area contributed by atoms with Gasteiger partial charge in [-0.15, -0.1) is 0 Å². The Morgan fingerprint density at radius 2 is 1.47 bits per heavy atom. The molecular weight excluding hydrogens is 420 g/mol. The van der Waals surface area contributed by atoms with Crippen molar-refractivity contribution in [3.05, 3.63) is 77.9 Å². The van der Waals surface area contributed by atoms with Crippen LogP contribution in [0.25, 0.3) is 11.1 Å². The summed E-state index contributed by atoms with van der Waals surface area (Å²) in [4.78, 5) is 12.6. The molecule has 0 saturated heterocycles. The Morgan fingerprint density at radius 1 is 0.875 bits per heavy atom. The van der Waals surface area contributed by atoms with Crippen LogP contribution in [-0.4, -0.2) is 24.5 Å². The van der Waals surface area contributed by atoms with Crippen LogP contribution in [0.4, 0.5) is 0 Å². The van der Waals surface area contributed by atoms with Crippen molar-refractivity contribution in [2.75, 3.05) is 0 Å². The molecular formula is C26H30O5Si. The number of ether oxygens (including phenoxy) is 1. The third-order valence-electron chi connectivity index (χ3n) is 5.77. The molecule has 168 valence electrons. The summed E-state index contributed by atoms with van der Waals surface area (Å²) < 4.78 is 11.7. The zero-order chi connectivity index (χ0) is 23.5. The third kappa shape index (κ3) is 5.71. The van der Waals surface area contributed by atoms with Crippen molar-refractivity contribution >= 4 is 14.3 Å². The summed E-state index contributed by atoms with van der Waals surface area (Å²) in [7, 11) is -2.11. The molecule has 0 aliphatic heterocycles. The highest BCUT2D eigenvalue weighted by Gasteiger charge is 2.39. The molecule has 0 atom stereocenters. The van der Waals surface area contributed by atoms with E-state index in [0.29, 0.717) is 16.9 Å². The normalized spacial score (nSPS) is 11.8. The highest BCUT2D eigenvalue weighted by molar-refractivity contribution is 6.74. The molecule has 0 aliphatic carbocycles. The Labute approximate surface area is 190 Å². The molecule has 3 aromatic rings. The van der Waals surface area contributed by atoms with E-state index >= 15 is 0 Å². The minimum atomic E-state index is -2.11. The predicted molar refractivity (Wildman–Crippen MR) is 129 cm³/mol. The van der Waals surface area contributed by atoms with Gasteiger partial charge in [-0.3, -0.25) is 0 Å². The number of rotatable bonds is 6. The highest BCUT2D eigenvalue weighted by atomic mass is 28.4. The van der Waals surface area contributed by atoms with Gasteiger partial charge in [0.05, 0.1) is 5.56 Å². The lowest BCUT2D eigenvalue weighted by molar-refractivity contribution is 0.0472. The van der Waals surface area contributed by atoms with Crippen molar-refractivity contribution in [3.63, 3.8) is 0 Å². The van der Waals surface area contributed by atoms with Gasteiger partial charge in [-0.05, 0) is 65.2 Å². The second-order valence-electron chi connectivity index (χ2n) is 9.41. The predicted octanol–water partition coefficient (Wildman–Crippen LogP) is 6.51. The van der Waals surface area contributed by atoms with Gasteiger partial charge in [0.1, 0.15) is 23.9 Å². The number of carbonyl (C=O) groups is 1. The monoisotopic (exact) mass is 450 g/mol. The third-order valence-corrected chi connectivity index (χ3v) is 10.1. The average Bonchev–Trinajstić information content (AvgIpc) is 2.70. The fourth-order valence-electron chi connectivity index (χ4n) is 2.96. The van der Waals surface area contributed by atoms with E-state index in [4.69, 9.17) is 9.16 Å². The lowest BCUT2D eigenvalue weighted by Crippen LogP contribution is -2.43. The zero-order valence-corrected chi connectivity index (χ0v) is 20.2. The van der Waals surface area contributed by atoms with Gasteiger partial charge in [0.2, 0.25) is 8.32 Å². The standard InChI is InChI=1S/C26H30O5Si/c1-26(2,3)32(4,5)31-24-15-20(13-23(28)16-24)19-11-21(14-22(27)12-19)25(29)30-17-18-9-7-6-8-10-18/h6-16,27-28H,17H2,1-5H3. The second-order valence-corrected chi connectivity index (χ2v) is 14.1. The fourth-order valence-corrected chi connectivity index (χ4v) is 3.97. The average molecular weight is 451 g/mol. The van der Waals surface area contributed by atoms with Crippen molar-refractivity contribution in [1.82, 2.24) is 0 Å². The van der Waals surface area contributed by atoms with Crippen LogP contribution in [0.1, 0.15) is 36.7 Å². The molecule has 0 bridgehead atoms. The molecule has 6 heteroatoms. The van der Waals surface area contributed by atoms with Crippen LogP contribution in [-0.2, 0) is 11.3 Å². The largest absolute Gasteiger partial charge is 0.543 e. The molecule has 0 amide bonds. The topological polar surface area (TPSA) is 76.0 Å². The Kier molecular flexibility index (Phi) is 6.65. The number of aromatic hydroxyl groups is 2. The molecule has 0 aromatic heterocycles. The Morgan fingerprint density at radius 3 is 2.09 bits per heavy atom. The summed E-state index contributed by atoms with van der Waals surface area (Å²) in [5, 5.41) is 20.5. The van der Waals surface area contributed by atoms with Crippen molar-refractivity contribution in [1.29, 1.82) is 0 Å². The van der Waals surface area contributed by atoms with Gasteiger partial charge in [-0.1, -0.05) is 51.1 Å². The Balaban J connectivity index is 1.87. The number of hydrogen-bond donors (Lipinski definition) is 2. The number of carbonyl (C=O) groups excluding carboxylic acids is 1. The van der Waals surface area contributed by atoms with Gasteiger partial charge < -0.3 is 19.4 Å². The van der Waals surface area contributed by atoms with Gasteiger partial charge in [-0.25, -0.2) is 4.79 Å². The maximum atomic E-state index is 12.6. The minimum absolute atomic E-state index is 0.000675. The summed E-state index contributed by atoms with van der Waals surface area (Å²) in [5.41, 5.74) is 2.31. The van der Waals surface area contributed by atoms with Gasteiger partial charge in [0.25, 0.3) is 0 Å². The number of benzene rings is 3. The fraction of sp³-hybridized carbons (Fsp3) is 0.269. The minimum Gasteiger partial charge on any atom is -0.543 e. The summed E-state index contributed by atoms with van der Waals surface area (Å²) in [6.07, 6.45) is 0. The maximum absolute atomic E-state index is 12.6. The van der Waals surface area contributed by atoms with E-state index in [1.54, 1.807) is 24.3 Å². The van der Waals surface area contributed by atoms with Gasteiger partial charge >= 0.3 is 5.97 Å². The quantitative estimate of drug-likeness (QED) is 0.331. The first-order chi connectivity index (χ1) is 14.9. The lowest BCUT2D eigenvalue weighted by Gasteiger charge is -2.36. The van der Waals surface area contributed by atoms with Crippen LogP contribution in [0.5, 0.6) is 17.2 Å². The number of esters is 1. The molecule has 5 nitrogen and oxygen atoms in total. The van der Waals surface area contributed by atoms with Crippen molar-refractivity contribution in [2.24, 2.45) is 0 Å². The number of phenols is 2. The second kappa shape index (κ2) is 9.08. The van der Waals surface area contributed by atoms with Gasteiger partial charge in [0.15, 0.2) is 0 Å². The van der Waals surface area contributed by atoms with E-state index in [1.165, 1.54) is 6.07 Å². The van der Waals surface area contributed by atoms with Crippen LogP contribution in [0.15, 0.2) is 66.7 Å². The van der Waals surface area contributed by atoms with Gasteiger partial charge in [0, 0.05) is 6.07 Å². The molecule has 0 heterocycles. The van der Waals surface area contributed by atoms with E-state index in [1.807, 2.05) is 36.4 Å². The summed E-state index contributed by atoms with van der Waals surface area (Å²) in [6, 6.07) is 18.9. The van der Waals surface area contributed by atoms with Crippen LogP contribution < -0.4 is 4.43 Å². The first kappa shape index (κ1) is 23.4. The van der Waals surface area contributed by atoms with Crippen molar-refractivity contribution in [2.45, 2.75) is 45.5 Å². The SMILES string of the molecule is CC(C)(C)[Si](C)(C)Oc1cc(O)cc(-c2cc(O)cc(C(=O)OCc3ccccc3)c2)c1. The smallest absolute Gasteiger partial charge is 0.338 e. The maximum Gasteiger partial charge on any atom is 0.338 e. The summed E-state index contributed by atoms with van der Waals surface area (Å²) in [5.74, 6) is 0.00386. The van der Waals surface area contributed by atoms with E-state index in [9.17, 15) is 15.0 Å². The molecule has 3 rings (SSSR count). The van der Waals surface area contributed by atoms with E-state index in [2.05, 4.69) is 33.9 Å². The van der Waals surface area contributed by atoms with Crippen molar-refractivity contribution < 1.29 is 24.2 Å². The number of phenolic OH excluding ortho intramolecular Hbond substituents is 2. The molecule has 32 heavy (non-hydrogen) atoms. The lowest BCUT2D eigenvalue weighted by atomic mass is 10.0. The van der Waals surface area contributed by atoms with E-state index in [-0.39, 0.29) is 28.7 Å². The van der Waals surface area contributed by atoms with Crippen LogP contribution in [0.3, 0.4) is 0 Å². The first-order valence-electron chi connectivity index (χ1n) is 10.5. The van der Waals surface area contributed by atoms with Crippen molar-refractivity contribution in [3.8, 4) is 28.4 Å². The highest BCUT2D eigenvalue weighted by Crippen LogP contribution is 2.39. The first-order valence-corrected chi connectivity index (χ1v) is 13.4. The molecule has 0 saturated carbocycles. The molecule has 0 fully saturated rings. The molecule has 0 spiro atoms. The van der Waals surface area contributed by atoms with E-state index < -0.39 is 14.3 Å². The summed E-state index contributed by atoms with van der Waals surface area (Å²) >= 11 is 0. The van der Waals surface area contributed by atoms with E-state index in [0.717, 1.165) is 5.56 Å². The van der Waals surface area contributed by atoms with Crippen LogP contribution in [0, 0.1) is 0 Å². The van der Waals surface area contributed by atoms with Crippen LogP contribution >= 0.6 is 0 Å². The molecule has 0 aliphatic rings.